The van der Waals surface area contributed by atoms with Crippen LogP contribution in [0.2, 0.25) is 0 Å². The molecule has 0 aliphatic carbocycles. The summed E-state index contributed by atoms with van der Waals surface area (Å²) in [5, 5.41) is 19.2. The van der Waals surface area contributed by atoms with Gasteiger partial charge < -0.3 is 14.6 Å². The number of aliphatic carboxylic acids is 1. The summed E-state index contributed by atoms with van der Waals surface area (Å²) in [5.41, 5.74) is -0.0871. The van der Waals surface area contributed by atoms with Crippen LogP contribution in [-0.2, 0) is 9.53 Å². The SMILES string of the molecule is COCC(Oc1ccc([N+](=O)[O-])cc1)C(=O)O. The molecule has 92 valence electrons. The quantitative estimate of drug-likeness (QED) is 0.590. The van der Waals surface area contributed by atoms with E-state index in [-0.39, 0.29) is 18.0 Å². The molecule has 0 aromatic heterocycles. The number of hydrogen-bond donors (Lipinski definition) is 1. The minimum atomic E-state index is -1.16. The van der Waals surface area contributed by atoms with E-state index in [1.807, 2.05) is 0 Å². The van der Waals surface area contributed by atoms with Crippen molar-refractivity contribution in [2.24, 2.45) is 0 Å². The van der Waals surface area contributed by atoms with Crippen molar-refractivity contribution in [3.63, 3.8) is 0 Å². The van der Waals surface area contributed by atoms with Crippen LogP contribution in [0.25, 0.3) is 0 Å². The first-order valence-electron chi connectivity index (χ1n) is 4.67. The van der Waals surface area contributed by atoms with E-state index in [2.05, 4.69) is 4.74 Å². The Labute approximate surface area is 96.7 Å². The number of nitro groups is 1. The summed E-state index contributed by atoms with van der Waals surface area (Å²) in [4.78, 5) is 20.6. The second-order valence-corrected chi connectivity index (χ2v) is 3.15. The molecule has 0 radical (unpaired) electrons. The Kier molecular flexibility index (Phi) is 4.41. The standard InChI is InChI=1S/C10H11NO6/c1-16-6-9(10(12)13)17-8-4-2-7(3-5-8)11(14)15/h2-5,9H,6H2,1H3,(H,12,13). The van der Waals surface area contributed by atoms with Crippen molar-refractivity contribution in [2.75, 3.05) is 13.7 Å². The van der Waals surface area contributed by atoms with Crippen LogP contribution in [0.4, 0.5) is 5.69 Å². The number of carboxylic acid groups (broad SMARTS) is 1. The first-order valence-corrected chi connectivity index (χ1v) is 4.67. The number of rotatable bonds is 6. The summed E-state index contributed by atoms with van der Waals surface area (Å²) in [6.07, 6.45) is -1.14. The van der Waals surface area contributed by atoms with Crippen LogP contribution in [0, 0.1) is 10.1 Å². The number of carboxylic acids is 1. The molecule has 1 aromatic carbocycles. The fourth-order valence-electron chi connectivity index (χ4n) is 1.12. The highest BCUT2D eigenvalue weighted by molar-refractivity contribution is 5.72. The molecule has 17 heavy (non-hydrogen) atoms. The van der Waals surface area contributed by atoms with Crippen molar-refractivity contribution in [1.82, 2.24) is 0 Å². The fourth-order valence-corrected chi connectivity index (χ4v) is 1.12. The maximum absolute atomic E-state index is 10.8. The first-order chi connectivity index (χ1) is 8.04. The Balaban J connectivity index is 2.73. The molecule has 1 atom stereocenters. The van der Waals surface area contributed by atoms with Gasteiger partial charge in [-0.05, 0) is 12.1 Å². The van der Waals surface area contributed by atoms with E-state index in [9.17, 15) is 14.9 Å². The molecule has 1 aromatic rings. The molecule has 0 heterocycles. The summed E-state index contributed by atoms with van der Waals surface area (Å²) < 4.78 is 9.79. The zero-order valence-corrected chi connectivity index (χ0v) is 9.03. The molecule has 7 nitrogen and oxygen atoms in total. The van der Waals surface area contributed by atoms with Crippen LogP contribution in [-0.4, -0.2) is 35.8 Å². The van der Waals surface area contributed by atoms with Gasteiger partial charge in [-0.25, -0.2) is 4.79 Å². The zero-order valence-electron chi connectivity index (χ0n) is 9.03. The minimum Gasteiger partial charge on any atom is -0.478 e. The lowest BCUT2D eigenvalue weighted by atomic mass is 10.3. The Morgan fingerprint density at radius 3 is 2.47 bits per heavy atom. The van der Waals surface area contributed by atoms with Gasteiger partial charge in [0.1, 0.15) is 5.75 Å². The van der Waals surface area contributed by atoms with E-state index in [1.165, 1.54) is 31.4 Å². The second-order valence-electron chi connectivity index (χ2n) is 3.15. The molecule has 0 spiro atoms. The van der Waals surface area contributed by atoms with Crippen LogP contribution in [0.5, 0.6) is 5.75 Å². The monoisotopic (exact) mass is 241 g/mol. The van der Waals surface area contributed by atoms with Gasteiger partial charge in [-0.15, -0.1) is 0 Å². The normalized spacial score (nSPS) is 11.8. The number of nitro benzene ring substituents is 1. The van der Waals surface area contributed by atoms with Crippen molar-refractivity contribution >= 4 is 11.7 Å². The molecular weight excluding hydrogens is 230 g/mol. The molecule has 1 rings (SSSR count). The summed E-state index contributed by atoms with van der Waals surface area (Å²) >= 11 is 0. The maximum Gasteiger partial charge on any atom is 0.347 e. The average molecular weight is 241 g/mol. The number of carbonyl (C=O) groups is 1. The van der Waals surface area contributed by atoms with Crippen LogP contribution >= 0.6 is 0 Å². The van der Waals surface area contributed by atoms with Crippen LogP contribution in [0.3, 0.4) is 0 Å². The Morgan fingerprint density at radius 1 is 1.47 bits per heavy atom. The van der Waals surface area contributed by atoms with E-state index in [0.29, 0.717) is 0 Å². The highest BCUT2D eigenvalue weighted by Crippen LogP contribution is 2.18. The molecule has 0 saturated carbocycles. The van der Waals surface area contributed by atoms with Crippen molar-refractivity contribution in [3.05, 3.63) is 34.4 Å². The highest BCUT2D eigenvalue weighted by atomic mass is 16.6. The summed E-state index contributed by atoms with van der Waals surface area (Å²) in [5.74, 6) is -0.926. The van der Waals surface area contributed by atoms with E-state index in [1.54, 1.807) is 0 Å². The predicted molar refractivity (Wildman–Crippen MR) is 57.0 cm³/mol. The van der Waals surface area contributed by atoms with Gasteiger partial charge >= 0.3 is 5.97 Å². The lowest BCUT2D eigenvalue weighted by Gasteiger charge is -2.13. The Bertz CT molecular complexity index is 402. The molecule has 1 N–H and O–H groups in total. The van der Waals surface area contributed by atoms with E-state index in [4.69, 9.17) is 9.84 Å². The molecule has 7 heteroatoms. The second kappa shape index (κ2) is 5.80. The first kappa shape index (κ1) is 12.9. The summed E-state index contributed by atoms with van der Waals surface area (Å²) in [6.45, 7) is -0.105. The zero-order chi connectivity index (χ0) is 12.8. The van der Waals surface area contributed by atoms with Gasteiger partial charge in [-0.3, -0.25) is 10.1 Å². The van der Waals surface area contributed by atoms with Gasteiger partial charge in [0.2, 0.25) is 6.10 Å². The van der Waals surface area contributed by atoms with Crippen LogP contribution in [0.1, 0.15) is 0 Å². The maximum atomic E-state index is 10.8. The largest absolute Gasteiger partial charge is 0.478 e. The Hall–Kier alpha value is -2.15. The average Bonchev–Trinajstić information content (AvgIpc) is 2.29. The third-order valence-electron chi connectivity index (χ3n) is 1.92. The van der Waals surface area contributed by atoms with Gasteiger partial charge in [0.25, 0.3) is 5.69 Å². The number of nitrogens with zero attached hydrogens (tertiary/aromatic N) is 1. The molecule has 0 aliphatic heterocycles. The third-order valence-corrected chi connectivity index (χ3v) is 1.92. The van der Waals surface area contributed by atoms with E-state index < -0.39 is 17.0 Å². The lowest BCUT2D eigenvalue weighted by Crippen LogP contribution is -2.31. The predicted octanol–water partition coefficient (Wildman–Crippen LogP) is 1.07. The highest BCUT2D eigenvalue weighted by Gasteiger charge is 2.19. The van der Waals surface area contributed by atoms with E-state index >= 15 is 0 Å². The van der Waals surface area contributed by atoms with Gasteiger partial charge in [-0.2, -0.15) is 0 Å². The molecule has 0 amide bonds. The number of benzene rings is 1. The molecular formula is C10H11NO6. The van der Waals surface area contributed by atoms with Gasteiger partial charge in [0.05, 0.1) is 11.5 Å². The van der Waals surface area contributed by atoms with Gasteiger partial charge in [0, 0.05) is 19.2 Å². The van der Waals surface area contributed by atoms with Crippen molar-refractivity contribution in [2.45, 2.75) is 6.10 Å². The fraction of sp³-hybridized carbons (Fsp3) is 0.300. The molecule has 0 saturated heterocycles. The van der Waals surface area contributed by atoms with Gasteiger partial charge in [0.15, 0.2) is 0 Å². The molecule has 0 aliphatic rings. The van der Waals surface area contributed by atoms with Gasteiger partial charge in [-0.1, -0.05) is 0 Å². The Morgan fingerprint density at radius 2 is 2.06 bits per heavy atom. The summed E-state index contributed by atoms with van der Waals surface area (Å²) in [7, 11) is 1.36. The van der Waals surface area contributed by atoms with Crippen LogP contribution < -0.4 is 4.74 Å². The minimum absolute atomic E-state index is 0.0871. The number of hydrogen-bond acceptors (Lipinski definition) is 5. The summed E-state index contributed by atoms with van der Waals surface area (Å²) in [6, 6.07) is 5.15. The third kappa shape index (κ3) is 3.72. The molecule has 0 fully saturated rings. The number of methoxy groups -OCH3 is 1. The number of ether oxygens (including phenoxy) is 2. The number of non-ortho nitro benzene ring substituents is 1. The van der Waals surface area contributed by atoms with Crippen molar-refractivity contribution in [3.8, 4) is 5.75 Å². The molecule has 1 unspecified atom stereocenters. The van der Waals surface area contributed by atoms with E-state index in [0.717, 1.165) is 0 Å². The van der Waals surface area contributed by atoms with Crippen molar-refractivity contribution in [1.29, 1.82) is 0 Å². The topological polar surface area (TPSA) is 98.9 Å². The van der Waals surface area contributed by atoms with Crippen LogP contribution in [0.15, 0.2) is 24.3 Å². The smallest absolute Gasteiger partial charge is 0.347 e. The molecule has 0 bridgehead atoms. The van der Waals surface area contributed by atoms with Crippen molar-refractivity contribution < 1.29 is 24.3 Å². The lowest BCUT2D eigenvalue weighted by molar-refractivity contribution is -0.384.